The molecule has 0 amide bonds. The molecule has 0 radical (unpaired) electrons. The van der Waals surface area contributed by atoms with Gasteiger partial charge in [-0.25, -0.2) is 0 Å². The molecule has 21 heavy (non-hydrogen) atoms. The molecule has 0 aliphatic heterocycles. The molecule has 0 fully saturated rings. The molecule has 0 heterocycles. The predicted molar refractivity (Wildman–Crippen MR) is 83.9 cm³/mol. The number of hydrogen-bond acceptors (Lipinski definition) is 4. The first-order valence-corrected chi connectivity index (χ1v) is 7.84. The minimum absolute atomic E-state index is 0.0407. The van der Waals surface area contributed by atoms with Crippen LogP contribution in [0, 0.1) is 10.1 Å². The highest BCUT2D eigenvalue weighted by Crippen LogP contribution is 2.22. The molecule has 2 aromatic rings. The van der Waals surface area contributed by atoms with Crippen molar-refractivity contribution in [3.05, 3.63) is 63.2 Å². The summed E-state index contributed by atoms with van der Waals surface area (Å²) in [6, 6.07) is 11.1. The second kappa shape index (κ2) is 6.69. The van der Waals surface area contributed by atoms with Gasteiger partial charge in [0, 0.05) is 28.6 Å². The third-order valence-corrected chi connectivity index (χ3v) is 4.60. The zero-order chi connectivity index (χ0) is 15.4. The van der Waals surface area contributed by atoms with E-state index >= 15 is 0 Å². The van der Waals surface area contributed by atoms with Gasteiger partial charge in [0.05, 0.1) is 20.6 Å². The first-order chi connectivity index (χ1) is 9.97. The second-order valence-electron chi connectivity index (χ2n) is 4.41. The fourth-order valence-corrected chi connectivity index (χ4v) is 3.28. The van der Waals surface area contributed by atoms with Gasteiger partial charge in [-0.3, -0.25) is 14.3 Å². The van der Waals surface area contributed by atoms with Gasteiger partial charge in [-0.1, -0.05) is 23.7 Å². The van der Waals surface area contributed by atoms with Crippen LogP contribution in [0.3, 0.4) is 0 Å². The molecular formula is C14H13ClN2O3S. The molecule has 1 unspecified atom stereocenters. The number of anilines is 1. The van der Waals surface area contributed by atoms with Crippen LogP contribution < -0.4 is 5.73 Å². The molecule has 110 valence electrons. The number of nitro benzene ring substituents is 1. The molecule has 7 heteroatoms. The summed E-state index contributed by atoms with van der Waals surface area (Å²) in [5.74, 6) is 0.377. The largest absolute Gasteiger partial charge is 0.398 e. The zero-order valence-electron chi connectivity index (χ0n) is 11.0. The Bertz CT molecular complexity index is 689. The maximum absolute atomic E-state index is 12.2. The molecule has 0 aliphatic rings. The Morgan fingerprint density at radius 1 is 1.19 bits per heavy atom. The lowest BCUT2D eigenvalue weighted by molar-refractivity contribution is -0.384. The van der Waals surface area contributed by atoms with Gasteiger partial charge < -0.3 is 5.73 Å². The third kappa shape index (κ3) is 4.03. The first-order valence-electron chi connectivity index (χ1n) is 6.14. The van der Waals surface area contributed by atoms with E-state index in [2.05, 4.69) is 0 Å². The molecule has 0 saturated heterocycles. The predicted octanol–water partition coefficient (Wildman–Crippen LogP) is 3.18. The van der Waals surface area contributed by atoms with E-state index in [1.54, 1.807) is 30.3 Å². The standard InChI is InChI=1S/C14H13ClN2O3S/c15-11-3-6-13(16)14(9-11)21(20)8-7-10-1-4-12(5-2-10)17(18)19/h1-6,9H,7-8,16H2. The lowest BCUT2D eigenvalue weighted by Gasteiger charge is -2.06. The Kier molecular flexibility index (Phi) is 4.93. The summed E-state index contributed by atoms with van der Waals surface area (Å²) in [4.78, 5) is 10.6. The van der Waals surface area contributed by atoms with Crippen LogP contribution in [-0.4, -0.2) is 14.9 Å². The van der Waals surface area contributed by atoms with E-state index in [-0.39, 0.29) is 5.69 Å². The van der Waals surface area contributed by atoms with Crippen molar-refractivity contribution in [3.8, 4) is 0 Å². The average Bonchev–Trinajstić information content (AvgIpc) is 2.47. The van der Waals surface area contributed by atoms with E-state index in [9.17, 15) is 14.3 Å². The Hall–Kier alpha value is -1.92. The van der Waals surface area contributed by atoms with E-state index in [0.29, 0.717) is 27.8 Å². The van der Waals surface area contributed by atoms with E-state index in [0.717, 1.165) is 5.56 Å². The van der Waals surface area contributed by atoms with Crippen LogP contribution in [0.1, 0.15) is 5.56 Å². The number of nitrogen functional groups attached to an aromatic ring is 1. The molecule has 0 aliphatic carbocycles. The molecular weight excluding hydrogens is 312 g/mol. The normalized spacial score (nSPS) is 12.0. The zero-order valence-corrected chi connectivity index (χ0v) is 12.6. The van der Waals surface area contributed by atoms with E-state index < -0.39 is 15.7 Å². The Morgan fingerprint density at radius 2 is 1.86 bits per heavy atom. The number of benzene rings is 2. The highest BCUT2D eigenvalue weighted by molar-refractivity contribution is 7.85. The van der Waals surface area contributed by atoms with Crippen LogP contribution in [0.25, 0.3) is 0 Å². The van der Waals surface area contributed by atoms with Crippen molar-refractivity contribution in [2.75, 3.05) is 11.5 Å². The summed E-state index contributed by atoms with van der Waals surface area (Å²) in [5, 5.41) is 11.1. The molecule has 0 saturated carbocycles. The van der Waals surface area contributed by atoms with Crippen LogP contribution in [0.2, 0.25) is 5.02 Å². The summed E-state index contributed by atoms with van der Waals surface area (Å²) < 4.78 is 12.2. The smallest absolute Gasteiger partial charge is 0.269 e. The topological polar surface area (TPSA) is 86.2 Å². The minimum Gasteiger partial charge on any atom is -0.398 e. The van der Waals surface area contributed by atoms with Gasteiger partial charge >= 0.3 is 0 Å². The van der Waals surface area contributed by atoms with Crippen molar-refractivity contribution in [2.24, 2.45) is 0 Å². The number of nitro groups is 1. The molecule has 2 rings (SSSR count). The van der Waals surface area contributed by atoms with Crippen molar-refractivity contribution < 1.29 is 9.13 Å². The van der Waals surface area contributed by atoms with E-state index in [1.165, 1.54) is 12.1 Å². The van der Waals surface area contributed by atoms with Crippen LogP contribution >= 0.6 is 11.6 Å². The number of nitrogens with zero attached hydrogens (tertiary/aromatic N) is 1. The second-order valence-corrected chi connectivity index (χ2v) is 6.38. The monoisotopic (exact) mass is 324 g/mol. The Balaban J connectivity index is 2.04. The molecule has 2 aromatic carbocycles. The number of nitrogens with two attached hydrogens (primary N) is 1. The van der Waals surface area contributed by atoms with Crippen LogP contribution in [-0.2, 0) is 17.2 Å². The Morgan fingerprint density at radius 3 is 2.48 bits per heavy atom. The molecule has 0 bridgehead atoms. The van der Waals surface area contributed by atoms with Crippen LogP contribution in [0.4, 0.5) is 11.4 Å². The van der Waals surface area contributed by atoms with Gasteiger partial charge in [0.2, 0.25) is 0 Å². The number of rotatable bonds is 5. The first kappa shape index (κ1) is 15.5. The van der Waals surface area contributed by atoms with Crippen LogP contribution in [0.5, 0.6) is 0 Å². The SMILES string of the molecule is Nc1ccc(Cl)cc1S(=O)CCc1ccc([N+](=O)[O-])cc1. The fourth-order valence-electron chi connectivity index (χ4n) is 1.81. The van der Waals surface area contributed by atoms with E-state index in [4.69, 9.17) is 17.3 Å². The highest BCUT2D eigenvalue weighted by Gasteiger charge is 2.10. The third-order valence-electron chi connectivity index (χ3n) is 2.94. The molecule has 0 aromatic heterocycles. The molecule has 5 nitrogen and oxygen atoms in total. The van der Waals surface area contributed by atoms with Crippen LogP contribution in [0.15, 0.2) is 47.4 Å². The minimum atomic E-state index is -1.26. The summed E-state index contributed by atoms with van der Waals surface area (Å²) in [7, 11) is -1.26. The number of halogens is 1. The average molecular weight is 325 g/mol. The van der Waals surface area contributed by atoms with Crippen molar-refractivity contribution in [3.63, 3.8) is 0 Å². The van der Waals surface area contributed by atoms with E-state index in [1.807, 2.05) is 0 Å². The summed E-state index contributed by atoms with van der Waals surface area (Å²) in [5.41, 5.74) is 7.16. The fraction of sp³-hybridized carbons (Fsp3) is 0.143. The number of aryl methyl sites for hydroxylation is 1. The maximum Gasteiger partial charge on any atom is 0.269 e. The van der Waals surface area contributed by atoms with Gasteiger partial charge in [-0.15, -0.1) is 0 Å². The maximum atomic E-state index is 12.2. The van der Waals surface area contributed by atoms with Gasteiger partial charge in [0.1, 0.15) is 0 Å². The summed E-state index contributed by atoms with van der Waals surface area (Å²) >= 11 is 5.87. The molecule has 0 spiro atoms. The summed E-state index contributed by atoms with van der Waals surface area (Å²) in [6.07, 6.45) is 0.538. The molecule has 2 N–H and O–H groups in total. The highest BCUT2D eigenvalue weighted by atomic mass is 35.5. The van der Waals surface area contributed by atoms with Gasteiger partial charge in [-0.2, -0.15) is 0 Å². The summed E-state index contributed by atoms with van der Waals surface area (Å²) in [6.45, 7) is 0. The van der Waals surface area contributed by atoms with Gasteiger partial charge in [0.25, 0.3) is 5.69 Å². The number of non-ortho nitro benzene ring substituents is 1. The lowest BCUT2D eigenvalue weighted by Crippen LogP contribution is -2.04. The lowest BCUT2D eigenvalue weighted by atomic mass is 10.1. The van der Waals surface area contributed by atoms with Crippen molar-refractivity contribution in [1.82, 2.24) is 0 Å². The van der Waals surface area contributed by atoms with Crippen molar-refractivity contribution >= 4 is 33.8 Å². The van der Waals surface area contributed by atoms with Gasteiger partial charge in [-0.05, 0) is 30.2 Å². The quantitative estimate of drug-likeness (QED) is 0.520. The number of hydrogen-bond donors (Lipinski definition) is 1. The van der Waals surface area contributed by atoms with Crippen molar-refractivity contribution in [1.29, 1.82) is 0 Å². The van der Waals surface area contributed by atoms with Gasteiger partial charge in [0.15, 0.2) is 0 Å². The Labute approximate surface area is 129 Å². The molecule has 1 atom stereocenters. The van der Waals surface area contributed by atoms with Crippen molar-refractivity contribution in [2.45, 2.75) is 11.3 Å².